The van der Waals surface area contributed by atoms with Gasteiger partial charge in [0.25, 0.3) is 0 Å². The smallest absolute Gasteiger partial charge is 0.131 e. The van der Waals surface area contributed by atoms with Gasteiger partial charge in [0.15, 0.2) is 0 Å². The SMILES string of the molecule is COc1ccc2c(c1)c1c3n2C(O)C[C@H]2CCCN(CC1)[C@@H]32. The van der Waals surface area contributed by atoms with E-state index >= 15 is 0 Å². The highest BCUT2D eigenvalue weighted by atomic mass is 16.5. The van der Waals surface area contributed by atoms with Crippen molar-refractivity contribution in [2.24, 2.45) is 5.92 Å². The number of hydrogen-bond acceptors (Lipinski definition) is 3. The van der Waals surface area contributed by atoms with Crippen LogP contribution < -0.4 is 4.74 Å². The van der Waals surface area contributed by atoms with Gasteiger partial charge in [-0.1, -0.05) is 0 Å². The van der Waals surface area contributed by atoms with Gasteiger partial charge in [0, 0.05) is 17.6 Å². The average Bonchev–Trinajstić information content (AvgIpc) is 2.89. The quantitative estimate of drug-likeness (QED) is 0.879. The van der Waals surface area contributed by atoms with Gasteiger partial charge in [-0.3, -0.25) is 4.90 Å². The molecule has 0 amide bonds. The van der Waals surface area contributed by atoms with Crippen LogP contribution in [0, 0.1) is 5.92 Å². The summed E-state index contributed by atoms with van der Waals surface area (Å²) in [5, 5.41) is 12.0. The number of ether oxygens (including phenoxy) is 1. The van der Waals surface area contributed by atoms with Crippen molar-refractivity contribution < 1.29 is 9.84 Å². The summed E-state index contributed by atoms with van der Waals surface area (Å²) in [7, 11) is 1.72. The molecule has 3 aliphatic rings. The van der Waals surface area contributed by atoms with E-state index in [0.717, 1.165) is 25.1 Å². The van der Waals surface area contributed by atoms with Gasteiger partial charge in [-0.05, 0) is 61.9 Å². The molecular formula is C18H22N2O2. The van der Waals surface area contributed by atoms with E-state index in [-0.39, 0.29) is 6.23 Å². The van der Waals surface area contributed by atoms with E-state index in [1.807, 2.05) is 6.07 Å². The van der Waals surface area contributed by atoms with Crippen molar-refractivity contribution in [1.29, 1.82) is 0 Å². The predicted molar refractivity (Wildman–Crippen MR) is 85.1 cm³/mol. The third-order valence-corrected chi connectivity index (χ3v) is 5.96. The maximum atomic E-state index is 10.8. The largest absolute Gasteiger partial charge is 0.497 e. The third-order valence-electron chi connectivity index (χ3n) is 5.96. The lowest BCUT2D eigenvalue weighted by Gasteiger charge is -2.48. The van der Waals surface area contributed by atoms with Gasteiger partial charge in [-0.25, -0.2) is 0 Å². The molecule has 116 valence electrons. The molecule has 3 atom stereocenters. The topological polar surface area (TPSA) is 37.6 Å². The van der Waals surface area contributed by atoms with Gasteiger partial charge >= 0.3 is 0 Å². The van der Waals surface area contributed by atoms with Crippen LogP contribution in [0.5, 0.6) is 5.75 Å². The summed E-state index contributed by atoms with van der Waals surface area (Å²) in [5.41, 5.74) is 4.00. The van der Waals surface area contributed by atoms with Crippen molar-refractivity contribution in [2.75, 3.05) is 20.2 Å². The minimum absolute atomic E-state index is 0.376. The molecule has 0 spiro atoms. The van der Waals surface area contributed by atoms with E-state index < -0.39 is 0 Å². The van der Waals surface area contributed by atoms with Crippen LogP contribution in [0.25, 0.3) is 10.9 Å². The lowest BCUT2D eigenvalue weighted by atomic mass is 9.78. The molecular weight excluding hydrogens is 276 g/mol. The molecule has 0 radical (unpaired) electrons. The van der Waals surface area contributed by atoms with Gasteiger partial charge in [0.05, 0.1) is 18.7 Å². The maximum absolute atomic E-state index is 10.8. The Morgan fingerprint density at radius 1 is 1.27 bits per heavy atom. The number of aromatic nitrogens is 1. The predicted octanol–water partition coefficient (Wildman–Crippen LogP) is 2.85. The van der Waals surface area contributed by atoms with Crippen LogP contribution in [0.1, 0.15) is 42.8 Å². The highest BCUT2D eigenvalue weighted by Gasteiger charge is 2.44. The highest BCUT2D eigenvalue weighted by Crippen LogP contribution is 2.51. The molecule has 1 N–H and O–H groups in total. The Bertz CT molecular complexity index is 751. The normalized spacial score (nSPS) is 30.4. The Hall–Kier alpha value is -1.52. The summed E-state index contributed by atoms with van der Waals surface area (Å²) < 4.78 is 7.63. The zero-order valence-corrected chi connectivity index (χ0v) is 13.0. The van der Waals surface area contributed by atoms with Crippen LogP contribution in [0.15, 0.2) is 18.2 Å². The molecule has 0 saturated carbocycles. The van der Waals surface area contributed by atoms with Gasteiger partial charge < -0.3 is 14.4 Å². The van der Waals surface area contributed by atoms with Crippen molar-refractivity contribution in [3.63, 3.8) is 0 Å². The number of benzene rings is 1. The van der Waals surface area contributed by atoms with E-state index in [1.165, 1.54) is 41.5 Å². The molecule has 1 aromatic carbocycles. The molecule has 1 unspecified atom stereocenters. The maximum Gasteiger partial charge on any atom is 0.131 e. The number of piperidine rings is 1. The van der Waals surface area contributed by atoms with E-state index in [2.05, 4.69) is 21.6 Å². The molecule has 3 aliphatic heterocycles. The Balaban J connectivity index is 1.81. The van der Waals surface area contributed by atoms with Crippen molar-refractivity contribution in [1.82, 2.24) is 9.47 Å². The molecule has 4 heteroatoms. The molecule has 22 heavy (non-hydrogen) atoms. The number of aliphatic hydroxyl groups is 1. The molecule has 1 saturated heterocycles. The minimum Gasteiger partial charge on any atom is -0.497 e. The van der Waals surface area contributed by atoms with Crippen LogP contribution in [-0.2, 0) is 6.42 Å². The fourth-order valence-electron chi connectivity index (χ4n) is 5.09. The zero-order chi connectivity index (χ0) is 14.8. The van der Waals surface area contributed by atoms with E-state index in [4.69, 9.17) is 4.74 Å². The van der Waals surface area contributed by atoms with E-state index in [9.17, 15) is 5.11 Å². The van der Waals surface area contributed by atoms with Crippen LogP contribution in [0.3, 0.4) is 0 Å². The summed E-state index contributed by atoms with van der Waals surface area (Å²) in [6, 6.07) is 6.79. The highest BCUT2D eigenvalue weighted by molar-refractivity contribution is 5.87. The van der Waals surface area contributed by atoms with Crippen LogP contribution in [-0.4, -0.2) is 34.8 Å². The molecule has 1 fully saturated rings. The molecule has 0 bridgehead atoms. The fraction of sp³-hybridized carbons (Fsp3) is 0.556. The summed E-state index contributed by atoms with van der Waals surface area (Å²) in [5.74, 6) is 1.52. The van der Waals surface area contributed by atoms with Crippen LogP contribution >= 0.6 is 0 Å². The Morgan fingerprint density at radius 2 is 2.18 bits per heavy atom. The second-order valence-electron chi connectivity index (χ2n) is 6.97. The van der Waals surface area contributed by atoms with Gasteiger partial charge in [0.1, 0.15) is 12.0 Å². The number of fused-ring (bicyclic) bond motifs is 3. The number of hydrogen-bond donors (Lipinski definition) is 1. The van der Waals surface area contributed by atoms with Gasteiger partial charge in [-0.2, -0.15) is 0 Å². The summed E-state index contributed by atoms with van der Waals surface area (Å²) >= 11 is 0. The second-order valence-corrected chi connectivity index (χ2v) is 6.97. The van der Waals surface area contributed by atoms with Crippen molar-refractivity contribution in [3.8, 4) is 5.75 Å². The number of nitrogens with zero attached hydrogens (tertiary/aromatic N) is 2. The number of aliphatic hydroxyl groups excluding tert-OH is 1. The summed E-state index contributed by atoms with van der Waals surface area (Å²) in [6.45, 7) is 2.36. The van der Waals surface area contributed by atoms with E-state index in [1.54, 1.807) is 7.11 Å². The molecule has 2 aromatic rings. The molecule has 4 heterocycles. The standard InChI is InChI=1S/C18H22N2O2/c1-22-12-4-5-15-14(10-12)13-6-8-19-7-2-3-11-9-16(21)20(15)18(13)17(11)19/h4-5,10-11,16-17,21H,2-3,6-9H2,1H3/t11-,16?,17-/m1/s1. The van der Waals surface area contributed by atoms with Crippen molar-refractivity contribution in [2.45, 2.75) is 38.0 Å². The first kappa shape index (κ1) is 13.0. The second kappa shape index (κ2) is 4.49. The van der Waals surface area contributed by atoms with Gasteiger partial charge in [0.2, 0.25) is 0 Å². The number of rotatable bonds is 1. The Kier molecular flexibility index (Phi) is 2.65. The summed E-state index contributed by atoms with van der Waals surface area (Å²) in [6.07, 6.45) is 4.13. The Morgan fingerprint density at radius 3 is 3.05 bits per heavy atom. The molecule has 1 aromatic heterocycles. The zero-order valence-electron chi connectivity index (χ0n) is 13.0. The Labute approximate surface area is 130 Å². The lowest BCUT2D eigenvalue weighted by molar-refractivity contribution is -0.0148. The first-order chi connectivity index (χ1) is 10.8. The fourth-order valence-corrected chi connectivity index (χ4v) is 5.09. The van der Waals surface area contributed by atoms with Gasteiger partial charge in [-0.15, -0.1) is 0 Å². The van der Waals surface area contributed by atoms with E-state index in [0.29, 0.717) is 12.0 Å². The molecule has 4 nitrogen and oxygen atoms in total. The van der Waals surface area contributed by atoms with Crippen LogP contribution in [0.4, 0.5) is 0 Å². The third kappa shape index (κ3) is 1.54. The lowest BCUT2D eigenvalue weighted by Crippen LogP contribution is -2.47. The average molecular weight is 298 g/mol. The van der Waals surface area contributed by atoms with Crippen molar-refractivity contribution in [3.05, 3.63) is 29.5 Å². The molecule has 5 rings (SSSR count). The number of methoxy groups -OCH3 is 1. The minimum atomic E-state index is -0.376. The van der Waals surface area contributed by atoms with Crippen LogP contribution in [0.2, 0.25) is 0 Å². The summed E-state index contributed by atoms with van der Waals surface area (Å²) in [4.78, 5) is 2.65. The molecule has 0 aliphatic carbocycles. The first-order valence-electron chi connectivity index (χ1n) is 8.40. The monoisotopic (exact) mass is 298 g/mol. The first-order valence-corrected chi connectivity index (χ1v) is 8.40. The van der Waals surface area contributed by atoms with Crippen molar-refractivity contribution >= 4 is 10.9 Å².